The number of fused-ring (bicyclic) bond motifs is 1. The summed E-state index contributed by atoms with van der Waals surface area (Å²) in [5, 5.41) is 11.8. The van der Waals surface area contributed by atoms with Crippen molar-refractivity contribution in [2.24, 2.45) is 0 Å². The number of furan rings is 1. The molecule has 3 aromatic carbocycles. The van der Waals surface area contributed by atoms with Gasteiger partial charge in [0, 0.05) is 21.8 Å². The molecule has 0 aliphatic carbocycles. The van der Waals surface area contributed by atoms with E-state index in [0.717, 1.165) is 27.0 Å². The SMILES string of the molecule is O=C(/C=C/c1ccc(-c2ccc(Br)cc2)o1)Nc1ccc2nn(-c3ccccc3)nc2c1. The van der Waals surface area contributed by atoms with Gasteiger partial charge in [0.2, 0.25) is 5.91 Å². The number of carbonyl (C=O) groups excluding carboxylic acids is 1. The quantitative estimate of drug-likeness (QED) is 0.306. The standard InChI is InChI=1S/C25H17BrN4O2/c26-18-8-6-17(7-9-18)24-14-11-21(32-24)12-15-25(31)27-19-10-13-22-23(16-19)29-30(28-22)20-4-2-1-3-5-20/h1-16H,(H,27,31)/b15-12+. The van der Waals surface area contributed by atoms with E-state index in [2.05, 4.69) is 31.4 Å². The molecule has 0 unspecified atom stereocenters. The van der Waals surface area contributed by atoms with Crippen molar-refractivity contribution >= 4 is 44.6 Å². The van der Waals surface area contributed by atoms with E-state index < -0.39 is 0 Å². The molecule has 0 saturated carbocycles. The van der Waals surface area contributed by atoms with Crippen LogP contribution in [0.5, 0.6) is 0 Å². The Hall–Kier alpha value is -3.97. The van der Waals surface area contributed by atoms with Crippen molar-refractivity contribution in [2.45, 2.75) is 0 Å². The van der Waals surface area contributed by atoms with Crippen LogP contribution in [0.1, 0.15) is 5.76 Å². The first-order valence-electron chi connectivity index (χ1n) is 9.91. The number of carbonyl (C=O) groups is 1. The van der Waals surface area contributed by atoms with Crippen molar-refractivity contribution in [3.8, 4) is 17.0 Å². The van der Waals surface area contributed by atoms with Gasteiger partial charge in [-0.2, -0.15) is 4.80 Å². The molecule has 5 rings (SSSR count). The lowest BCUT2D eigenvalue weighted by Gasteiger charge is -2.00. The second-order valence-corrected chi connectivity index (χ2v) is 7.98. The van der Waals surface area contributed by atoms with Crippen LogP contribution in [0.4, 0.5) is 5.69 Å². The molecule has 0 bridgehead atoms. The minimum absolute atomic E-state index is 0.263. The number of hydrogen-bond donors (Lipinski definition) is 1. The minimum Gasteiger partial charge on any atom is -0.457 e. The Kier molecular flexibility index (Phi) is 5.39. The van der Waals surface area contributed by atoms with Gasteiger partial charge >= 0.3 is 0 Å². The van der Waals surface area contributed by atoms with Gasteiger partial charge in [-0.15, -0.1) is 10.2 Å². The summed E-state index contributed by atoms with van der Waals surface area (Å²) in [4.78, 5) is 14.0. The molecule has 0 atom stereocenters. The second kappa shape index (κ2) is 8.64. The number of anilines is 1. The lowest BCUT2D eigenvalue weighted by atomic mass is 10.2. The number of hydrogen-bond acceptors (Lipinski definition) is 4. The van der Waals surface area contributed by atoms with Crippen LogP contribution >= 0.6 is 15.9 Å². The van der Waals surface area contributed by atoms with Crippen molar-refractivity contribution in [1.82, 2.24) is 15.0 Å². The lowest BCUT2D eigenvalue weighted by Crippen LogP contribution is -2.07. The Labute approximate surface area is 192 Å². The topological polar surface area (TPSA) is 73.0 Å². The Morgan fingerprint density at radius 1 is 0.906 bits per heavy atom. The van der Waals surface area contributed by atoms with Crippen molar-refractivity contribution in [1.29, 1.82) is 0 Å². The Balaban J connectivity index is 1.27. The Morgan fingerprint density at radius 3 is 2.50 bits per heavy atom. The van der Waals surface area contributed by atoms with Crippen LogP contribution in [-0.4, -0.2) is 20.9 Å². The van der Waals surface area contributed by atoms with E-state index in [1.807, 2.05) is 72.8 Å². The maximum Gasteiger partial charge on any atom is 0.248 e. The van der Waals surface area contributed by atoms with E-state index >= 15 is 0 Å². The van der Waals surface area contributed by atoms with E-state index in [1.165, 1.54) is 6.08 Å². The predicted octanol–water partition coefficient (Wildman–Crippen LogP) is 6.09. The Morgan fingerprint density at radius 2 is 1.69 bits per heavy atom. The molecule has 5 aromatic rings. The number of aromatic nitrogens is 3. The molecule has 6 nitrogen and oxygen atoms in total. The van der Waals surface area contributed by atoms with Crippen LogP contribution in [0, 0.1) is 0 Å². The normalized spacial score (nSPS) is 11.3. The average Bonchev–Trinajstić information content (AvgIpc) is 3.46. The number of halogens is 1. The fraction of sp³-hybridized carbons (Fsp3) is 0. The van der Waals surface area contributed by atoms with Gasteiger partial charge in [-0.3, -0.25) is 4.79 Å². The summed E-state index contributed by atoms with van der Waals surface area (Å²) in [7, 11) is 0. The van der Waals surface area contributed by atoms with Gasteiger partial charge in [0.25, 0.3) is 0 Å². The number of nitrogens with zero attached hydrogens (tertiary/aromatic N) is 3. The first-order chi connectivity index (χ1) is 15.6. The summed E-state index contributed by atoms with van der Waals surface area (Å²) >= 11 is 3.42. The van der Waals surface area contributed by atoms with Crippen LogP contribution in [0.2, 0.25) is 0 Å². The first kappa shape index (κ1) is 20.0. The maximum absolute atomic E-state index is 12.4. The van der Waals surface area contributed by atoms with Crippen LogP contribution in [0.15, 0.2) is 99.9 Å². The zero-order valence-electron chi connectivity index (χ0n) is 16.8. The molecule has 0 fully saturated rings. The highest BCUT2D eigenvalue weighted by atomic mass is 79.9. The highest BCUT2D eigenvalue weighted by Gasteiger charge is 2.07. The summed E-state index contributed by atoms with van der Waals surface area (Å²) in [5.74, 6) is 1.07. The fourth-order valence-corrected chi connectivity index (χ4v) is 3.49. The fourth-order valence-electron chi connectivity index (χ4n) is 3.22. The average molecular weight is 485 g/mol. The summed E-state index contributed by atoms with van der Waals surface area (Å²) in [5.41, 5.74) is 3.92. The van der Waals surface area contributed by atoms with Crippen molar-refractivity contribution in [3.05, 3.63) is 101 Å². The van der Waals surface area contributed by atoms with Gasteiger partial charge in [-0.1, -0.05) is 46.3 Å². The zero-order chi connectivity index (χ0) is 21.9. The molecule has 156 valence electrons. The summed E-state index contributed by atoms with van der Waals surface area (Å²) in [6.07, 6.45) is 3.08. The van der Waals surface area contributed by atoms with Gasteiger partial charge in [-0.05, 0) is 60.7 Å². The smallest absolute Gasteiger partial charge is 0.248 e. The molecule has 1 N–H and O–H groups in total. The van der Waals surface area contributed by atoms with Gasteiger partial charge in [0.15, 0.2) is 0 Å². The summed E-state index contributed by atoms with van der Waals surface area (Å²) in [6, 6.07) is 26.7. The van der Waals surface area contributed by atoms with E-state index in [-0.39, 0.29) is 5.91 Å². The molecule has 7 heteroatoms. The second-order valence-electron chi connectivity index (χ2n) is 7.06. The van der Waals surface area contributed by atoms with E-state index in [9.17, 15) is 4.79 Å². The Bertz CT molecular complexity index is 1420. The third-order valence-corrected chi connectivity index (χ3v) is 5.32. The number of para-hydroxylation sites is 1. The third kappa shape index (κ3) is 4.38. The molecule has 0 aliphatic heterocycles. The van der Waals surface area contributed by atoms with Crippen LogP contribution < -0.4 is 5.32 Å². The van der Waals surface area contributed by atoms with Crippen molar-refractivity contribution in [3.63, 3.8) is 0 Å². The summed E-state index contributed by atoms with van der Waals surface area (Å²) in [6.45, 7) is 0. The number of benzene rings is 3. The molecule has 2 aromatic heterocycles. The zero-order valence-corrected chi connectivity index (χ0v) is 18.4. The summed E-state index contributed by atoms with van der Waals surface area (Å²) < 4.78 is 6.81. The number of nitrogens with one attached hydrogen (secondary N) is 1. The van der Waals surface area contributed by atoms with Crippen LogP contribution in [0.25, 0.3) is 34.1 Å². The lowest BCUT2D eigenvalue weighted by molar-refractivity contribution is -0.111. The largest absolute Gasteiger partial charge is 0.457 e. The minimum atomic E-state index is -0.263. The van der Waals surface area contributed by atoms with Gasteiger partial charge in [0.05, 0.1) is 5.69 Å². The predicted molar refractivity (Wildman–Crippen MR) is 128 cm³/mol. The highest BCUT2D eigenvalue weighted by molar-refractivity contribution is 9.10. The molecule has 0 radical (unpaired) electrons. The van der Waals surface area contributed by atoms with E-state index in [0.29, 0.717) is 17.0 Å². The van der Waals surface area contributed by atoms with Gasteiger partial charge < -0.3 is 9.73 Å². The van der Waals surface area contributed by atoms with Crippen LogP contribution in [-0.2, 0) is 4.79 Å². The molecular formula is C25H17BrN4O2. The molecule has 0 spiro atoms. The van der Waals surface area contributed by atoms with E-state index in [4.69, 9.17) is 4.42 Å². The number of rotatable bonds is 5. The highest BCUT2D eigenvalue weighted by Crippen LogP contribution is 2.24. The molecule has 2 heterocycles. The van der Waals surface area contributed by atoms with Crippen molar-refractivity contribution in [2.75, 3.05) is 5.32 Å². The molecule has 32 heavy (non-hydrogen) atoms. The van der Waals surface area contributed by atoms with E-state index in [1.54, 1.807) is 23.0 Å². The number of amides is 1. The van der Waals surface area contributed by atoms with Gasteiger partial charge in [0.1, 0.15) is 22.6 Å². The van der Waals surface area contributed by atoms with Crippen molar-refractivity contribution < 1.29 is 9.21 Å². The molecular weight excluding hydrogens is 468 g/mol. The van der Waals surface area contributed by atoms with Crippen LogP contribution in [0.3, 0.4) is 0 Å². The van der Waals surface area contributed by atoms with Gasteiger partial charge in [-0.25, -0.2) is 0 Å². The first-order valence-corrected chi connectivity index (χ1v) is 10.7. The molecule has 1 amide bonds. The third-order valence-electron chi connectivity index (χ3n) is 4.79. The maximum atomic E-state index is 12.4. The molecule has 0 aliphatic rings. The molecule has 0 saturated heterocycles. The monoisotopic (exact) mass is 484 g/mol.